The van der Waals surface area contributed by atoms with Crippen LogP contribution in [0.3, 0.4) is 0 Å². The van der Waals surface area contributed by atoms with Gasteiger partial charge in [0.2, 0.25) is 0 Å². The van der Waals surface area contributed by atoms with Gasteiger partial charge in [-0.05, 0) is 44.7 Å². The molecule has 0 bridgehead atoms. The van der Waals surface area contributed by atoms with Gasteiger partial charge < -0.3 is 5.32 Å². The third kappa shape index (κ3) is 3.56. The Labute approximate surface area is 119 Å². The number of nitrogens with zero attached hydrogens (tertiary/aromatic N) is 1. The highest BCUT2D eigenvalue weighted by Gasteiger charge is 2.30. The van der Waals surface area contributed by atoms with Gasteiger partial charge in [-0.2, -0.15) is 4.31 Å². The average Bonchev–Trinajstić information content (AvgIpc) is 2.91. The molecule has 0 aliphatic carbocycles. The summed E-state index contributed by atoms with van der Waals surface area (Å²) in [6.45, 7) is 5.44. The Morgan fingerprint density at radius 2 is 2.26 bits per heavy atom. The topological polar surface area (TPSA) is 49.4 Å². The van der Waals surface area contributed by atoms with Crippen molar-refractivity contribution in [2.75, 3.05) is 13.1 Å². The van der Waals surface area contributed by atoms with E-state index in [0.29, 0.717) is 10.8 Å². The fraction of sp³-hybridized carbons (Fsp3) is 0.692. The summed E-state index contributed by atoms with van der Waals surface area (Å²) >= 11 is 1.29. The fourth-order valence-electron chi connectivity index (χ4n) is 2.41. The maximum absolute atomic E-state index is 12.6. The first-order chi connectivity index (χ1) is 9.01. The van der Waals surface area contributed by atoms with E-state index in [1.165, 1.54) is 24.2 Å². The van der Waals surface area contributed by atoms with Crippen LogP contribution in [0.25, 0.3) is 0 Å². The predicted molar refractivity (Wildman–Crippen MR) is 79.0 cm³/mol. The first kappa shape index (κ1) is 15.0. The van der Waals surface area contributed by atoms with Gasteiger partial charge in [0, 0.05) is 18.6 Å². The molecule has 1 fully saturated rings. The van der Waals surface area contributed by atoms with Gasteiger partial charge >= 0.3 is 0 Å². The lowest BCUT2D eigenvalue weighted by Gasteiger charge is -2.32. The van der Waals surface area contributed by atoms with Crippen molar-refractivity contribution < 1.29 is 8.42 Å². The van der Waals surface area contributed by atoms with Gasteiger partial charge in [-0.1, -0.05) is 12.5 Å². The largest absolute Gasteiger partial charge is 0.313 e. The monoisotopic (exact) mass is 302 g/mol. The van der Waals surface area contributed by atoms with Gasteiger partial charge in [-0.15, -0.1) is 11.3 Å². The van der Waals surface area contributed by atoms with Crippen LogP contribution in [-0.2, 0) is 10.0 Å². The Hall–Kier alpha value is -0.430. The first-order valence-corrected chi connectivity index (χ1v) is 9.12. The predicted octanol–water partition coefficient (Wildman–Crippen LogP) is 2.29. The van der Waals surface area contributed by atoms with Crippen LogP contribution in [0.15, 0.2) is 21.7 Å². The Balaban J connectivity index is 2.15. The summed E-state index contributed by atoms with van der Waals surface area (Å²) in [4.78, 5) is 0. The third-order valence-corrected chi connectivity index (χ3v) is 6.86. The fourth-order valence-corrected chi connectivity index (χ4v) is 5.21. The van der Waals surface area contributed by atoms with E-state index in [0.717, 1.165) is 13.0 Å². The number of piperidine rings is 1. The van der Waals surface area contributed by atoms with Gasteiger partial charge in [0.25, 0.3) is 10.0 Å². The summed E-state index contributed by atoms with van der Waals surface area (Å²) in [5.41, 5.74) is 0. The van der Waals surface area contributed by atoms with Gasteiger partial charge in [-0.3, -0.25) is 0 Å². The molecule has 0 amide bonds. The van der Waals surface area contributed by atoms with Crippen molar-refractivity contribution in [2.45, 2.75) is 49.4 Å². The molecular weight excluding hydrogens is 280 g/mol. The minimum Gasteiger partial charge on any atom is -0.313 e. The second kappa shape index (κ2) is 6.35. The summed E-state index contributed by atoms with van der Waals surface area (Å²) < 4.78 is 27.3. The van der Waals surface area contributed by atoms with Crippen molar-refractivity contribution >= 4 is 21.4 Å². The lowest BCUT2D eigenvalue weighted by Crippen LogP contribution is -2.48. The molecule has 1 unspecified atom stereocenters. The van der Waals surface area contributed by atoms with Crippen LogP contribution in [0.2, 0.25) is 0 Å². The average molecular weight is 302 g/mol. The lowest BCUT2D eigenvalue weighted by atomic mass is 10.1. The summed E-state index contributed by atoms with van der Waals surface area (Å²) in [7, 11) is -3.34. The zero-order valence-corrected chi connectivity index (χ0v) is 13.1. The zero-order chi connectivity index (χ0) is 13.9. The number of hydrogen-bond donors (Lipinski definition) is 1. The third-order valence-electron chi connectivity index (χ3n) is 3.45. The van der Waals surface area contributed by atoms with Crippen molar-refractivity contribution in [1.29, 1.82) is 0 Å². The molecular formula is C13H22N2O2S2. The van der Waals surface area contributed by atoms with E-state index < -0.39 is 10.0 Å². The molecule has 1 aliphatic rings. The summed E-state index contributed by atoms with van der Waals surface area (Å²) in [5, 5.41) is 5.23. The van der Waals surface area contributed by atoms with Crippen molar-refractivity contribution in [3.63, 3.8) is 0 Å². The highest BCUT2D eigenvalue weighted by atomic mass is 32.2. The molecule has 1 atom stereocenters. The van der Waals surface area contributed by atoms with Gasteiger partial charge in [0.05, 0.1) is 0 Å². The first-order valence-electron chi connectivity index (χ1n) is 6.80. The minimum atomic E-state index is -3.34. The Kier molecular flexibility index (Phi) is 5.00. The highest BCUT2D eigenvalue weighted by Crippen LogP contribution is 2.23. The van der Waals surface area contributed by atoms with E-state index in [2.05, 4.69) is 5.32 Å². The molecule has 0 saturated carbocycles. The van der Waals surface area contributed by atoms with E-state index in [-0.39, 0.29) is 12.1 Å². The van der Waals surface area contributed by atoms with Crippen LogP contribution in [0.1, 0.15) is 33.1 Å². The highest BCUT2D eigenvalue weighted by molar-refractivity contribution is 7.91. The van der Waals surface area contributed by atoms with E-state index in [9.17, 15) is 8.42 Å². The number of rotatable bonds is 5. The second-order valence-corrected chi connectivity index (χ2v) is 8.31. The molecule has 2 heterocycles. The van der Waals surface area contributed by atoms with E-state index in [1.807, 2.05) is 19.2 Å². The van der Waals surface area contributed by atoms with Crippen molar-refractivity contribution in [2.24, 2.45) is 0 Å². The quantitative estimate of drug-likeness (QED) is 0.908. The molecule has 0 spiro atoms. The molecule has 19 heavy (non-hydrogen) atoms. The Morgan fingerprint density at radius 3 is 2.79 bits per heavy atom. The standard InChI is InChI=1S/C13H22N2O2S2/c1-11(2)15(10-12-6-3-4-8-14-12)19(16,17)13-7-5-9-18-13/h5,7,9,11-12,14H,3-4,6,8,10H2,1-2H3. The Bertz CT molecular complexity index is 477. The van der Waals surface area contributed by atoms with Crippen LogP contribution in [-0.4, -0.2) is 37.9 Å². The maximum atomic E-state index is 12.6. The van der Waals surface area contributed by atoms with E-state index in [4.69, 9.17) is 0 Å². The molecule has 108 valence electrons. The molecule has 6 heteroatoms. The molecule has 1 saturated heterocycles. The summed E-state index contributed by atoms with van der Waals surface area (Å²) in [6.07, 6.45) is 3.43. The molecule has 0 radical (unpaired) electrons. The smallest absolute Gasteiger partial charge is 0.252 e. The minimum absolute atomic E-state index is 0.0178. The zero-order valence-electron chi connectivity index (χ0n) is 11.5. The van der Waals surface area contributed by atoms with Crippen LogP contribution >= 0.6 is 11.3 Å². The van der Waals surface area contributed by atoms with Crippen molar-refractivity contribution in [3.05, 3.63) is 17.5 Å². The van der Waals surface area contributed by atoms with Gasteiger partial charge in [-0.25, -0.2) is 8.42 Å². The summed E-state index contributed by atoms with van der Waals surface area (Å²) in [6, 6.07) is 3.74. The number of sulfonamides is 1. The summed E-state index contributed by atoms with van der Waals surface area (Å²) in [5.74, 6) is 0. The second-order valence-electron chi connectivity index (χ2n) is 5.25. The molecule has 1 aromatic heterocycles. The Morgan fingerprint density at radius 1 is 1.47 bits per heavy atom. The van der Waals surface area contributed by atoms with Crippen LogP contribution < -0.4 is 5.32 Å². The van der Waals surface area contributed by atoms with Gasteiger partial charge in [0.15, 0.2) is 0 Å². The molecule has 1 N–H and O–H groups in total. The van der Waals surface area contributed by atoms with Crippen LogP contribution in [0.5, 0.6) is 0 Å². The molecule has 0 aromatic carbocycles. The molecule has 4 nitrogen and oxygen atoms in total. The number of hydrogen-bond acceptors (Lipinski definition) is 4. The van der Waals surface area contributed by atoms with Crippen LogP contribution in [0.4, 0.5) is 0 Å². The van der Waals surface area contributed by atoms with E-state index >= 15 is 0 Å². The van der Waals surface area contributed by atoms with Crippen LogP contribution in [0, 0.1) is 0 Å². The normalized spacial score (nSPS) is 21.2. The van der Waals surface area contributed by atoms with Crippen molar-refractivity contribution in [1.82, 2.24) is 9.62 Å². The SMILES string of the molecule is CC(C)N(CC1CCCCN1)S(=O)(=O)c1cccs1. The molecule has 1 aliphatic heterocycles. The van der Waals surface area contributed by atoms with Gasteiger partial charge in [0.1, 0.15) is 4.21 Å². The number of nitrogens with one attached hydrogen (secondary N) is 1. The molecule has 1 aromatic rings. The maximum Gasteiger partial charge on any atom is 0.252 e. The van der Waals surface area contributed by atoms with Crippen molar-refractivity contribution in [3.8, 4) is 0 Å². The number of thiophene rings is 1. The lowest BCUT2D eigenvalue weighted by molar-refractivity contribution is 0.283. The van der Waals surface area contributed by atoms with E-state index in [1.54, 1.807) is 16.4 Å². The molecule has 2 rings (SSSR count).